The van der Waals surface area contributed by atoms with E-state index in [9.17, 15) is 0 Å². The molecule has 3 rings (SSSR count). The molecule has 0 aliphatic heterocycles. The maximum Gasteiger partial charge on any atom is 0.118 e. The Bertz CT molecular complexity index is 696. The van der Waals surface area contributed by atoms with Crippen molar-refractivity contribution < 1.29 is 4.74 Å². The van der Waals surface area contributed by atoms with Crippen LogP contribution >= 0.6 is 11.6 Å². The third-order valence-electron chi connectivity index (χ3n) is 4.32. The number of benzene rings is 3. The number of rotatable bonds is 5. The third-order valence-corrected chi connectivity index (χ3v) is 4.72. The minimum Gasteiger partial charge on any atom is -0.497 e. The van der Waals surface area contributed by atoms with E-state index in [2.05, 4.69) is 60.7 Å². The Balaban J connectivity index is 2.24. The summed E-state index contributed by atoms with van der Waals surface area (Å²) in [6.07, 6.45) is 0. The number of ether oxygens (including phenoxy) is 1. The van der Waals surface area contributed by atoms with Gasteiger partial charge in [0, 0.05) is 5.88 Å². The first kappa shape index (κ1) is 15.6. The van der Waals surface area contributed by atoms with Crippen LogP contribution in [0.2, 0.25) is 0 Å². The smallest absolute Gasteiger partial charge is 0.118 e. The molecule has 116 valence electrons. The lowest BCUT2D eigenvalue weighted by atomic mass is 9.71. The lowest BCUT2D eigenvalue weighted by Gasteiger charge is -2.34. The van der Waals surface area contributed by atoms with E-state index < -0.39 is 0 Å². The normalized spacial score (nSPS) is 11.2. The van der Waals surface area contributed by atoms with Crippen LogP contribution in [0, 0.1) is 0 Å². The van der Waals surface area contributed by atoms with E-state index in [1.807, 2.05) is 24.3 Å². The fraction of sp³-hybridized carbons (Fsp3) is 0.143. The van der Waals surface area contributed by atoms with Crippen molar-refractivity contribution >= 4 is 11.6 Å². The predicted octanol–water partition coefficient (Wildman–Crippen LogP) is 5.27. The Kier molecular flexibility index (Phi) is 4.68. The van der Waals surface area contributed by atoms with Crippen LogP contribution in [0.1, 0.15) is 16.7 Å². The summed E-state index contributed by atoms with van der Waals surface area (Å²) in [6.45, 7) is 0. The molecule has 1 nitrogen and oxygen atoms in total. The van der Waals surface area contributed by atoms with Crippen LogP contribution < -0.4 is 4.74 Å². The van der Waals surface area contributed by atoms with Gasteiger partial charge in [0.2, 0.25) is 0 Å². The summed E-state index contributed by atoms with van der Waals surface area (Å²) in [6, 6.07) is 29.0. The summed E-state index contributed by atoms with van der Waals surface area (Å²) >= 11 is 6.57. The van der Waals surface area contributed by atoms with Crippen LogP contribution in [0.15, 0.2) is 84.9 Å². The zero-order valence-electron chi connectivity index (χ0n) is 13.1. The molecule has 2 heteroatoms. The van der Waals surface area contributed by atoms with Gasteiger partial charge in [-0.1, -0.05) is 72.8 Å². The van der Waals surface area contributed by atoms with Gasteiger partial charge in [0.1, 0.15) is 5.75 Å². The molecule has 0 N–H and O–H groups in total. The molecule has 0 spiro atoms. The molecule has 0 aromatic heterocycles. The van der Waals surface area contributed by atoms with Crippen LogP contribution in [0.3, 0.4) is 0 Å². The van der Waals surface area contributed by atoms with Crippen LogP contribution in [-0.2, 0) is 5.41 Å². The Morgan fingerprint density at radius 2 is 1.13 bits per heavy atom. The fourth-order valence-electron chi connectivity index (χ4n) is 3.05. The minimum absolute atomic E-state index is 0.379. The molecular formula is C21H19ClO. The number of methoxy groups -OCH3 is 1. The maximum absolute atomic E-state index is 6.57. The van der Waals surface area contributed by atoms with Crippen molar-refractivity contribution in [1.82, 2.24) is 0 Å². The van der Waals surface area contributed by atoms with Gasteiger partial charge in [-0.15, -0.1) is 11.6 Å². The van der Waals surface area contributed by atoms with Gasteiger partial charge in [0.25, 0.3) is 0 Å². The molecule has 3 aromatic rings. The molecule has 0 bridgehead atoms. The van der Waals surface area contributed by atoms with E-state index in [0.717, 1.165) is 11.3 Å². The Morgan fingerprint density at radius 1 is 0.696 bits per heavy atom. The second-order valence-electron chi connectivity index (χ2n) is 5.50. The average Bonchev–Trinajstić information content (AvgIpc) is 2.65. The van der Waals surface area contributed by atoms with E-state index in [0.29, 0.717) is 5.88 Å². The first-order valence-electron chi connectivity index (χ1n) is 7.63. The van der Waals surface area contributed by atoms with Crippen molar-refractivity contribution in [3.05, 3.63) is 102 Å². The zero-order chi connectivity index (χ0) is 16.1. The van der Waals surface area contributed by atoms with Crippen LogP contribution in [0.25, 0.3) is 0 Å². The van der Waals surface area contributed by atoms with E-state index in [4.69, 9.17) is 16.3 Å². The monoisotopic (exact) mass is 322 g/mol. The van der Waals surface area contributed by atoms with Gasteiger partial charge in [-0.25, -0.2) is 0 Å². The van der Waals surface area contributed by atoms with Gasteiger partial charge in [-0.2, -0.15) is 0 Å². The van der Waals surface area contributed by atoms with Crippen LogP contribution in [0.4, 0.5) is 0 Å². The van der Waals surface area contributed by atoms with Crippen molar-refractivity contribution in [2.75, 3.05) is 13.0 Å². The highest BCUT2D eigenvalue weighted by Gasteiger charge is 2.35. The van der Waals surface area contributed by atoms with Gasteiger partial charge >= 0.3 is 0 Å². The zero-order valence-corrected chi connectivity index (χ0v) is 13.8. The topological polar surface area (TPSA) is 9.23 Å². The van der Waals surface area contributed by atoms with E-state index in [1.54, 1.807) is 7.11 Å². The number of hydrogen-bond donors (Lipinski definition) is 0. The molecule has 0 saturated heterocycles. The van der Waals surface area contributed by atoms with Gasteiger partial charge in [0.15, 0.2) is 0 Å². The summed E-state index contributed by atoms with van der Waals surface area (Å²) < 4.78 is 5.29. The molecule has 0 atom stereocenters. The molecular weight excluding hydrogens is 304 g/mol. The highest BCUT2D eigenvalue weighted by atomic mass is 35.5. The van der Waals surface area contributed by atoms with Gasteiger partial charge in [-0.05, 0) is 28.8 Å². The quantitative estimate of drug-likeness (QED) is 0.459. The first-order valence-corrected chi connectivity index (χ1v) is 8.16. The molecule has 0 saturated carbocycles. The lowest BCUT2D eigenvalue weighted by Crippen LogP contribution is -2.31. The van der Waals surface area contributed by atoms with Crippen LogP contribution in [0.5, 0.6) is 5.75 Å². The Labute approximate surface area is 142 Å². The standard InChI is InChI=1S/C21H19ClO/c1-23-20-14-12-19(13-15-20)21(16-22,17-8-4-2-5-9-17)18-10-6-3-7-11-18/h2-15H,16H2,1H3. The summed E-state index contributed by atoms with van der Waals surface area (Å²) in [5, 5.41) is 0. The van der Waals surface area contributed by atoms with Gasteiger partial charge in [-0.3, -0.25) is 0 Å². The minimum atomic E-state index is -0.379. The fourth-order valence-corrected chi connectivity index (χ4v) is 3.52. The second kappa shape index (κ2) is 6.89. The third kappa shape index (κ3) is 2.85. The average molecular weight is 323 g/mol. The predicted molar refractivity (Wildman–Crippen MR) is 96.5 cm³/mol. The Hall–Kier alpha value is -2.25. The number of hydrogen-bond acceptors (Lipinski definition) is 1. The SMILES string of the molecule is COc1ccc(C(CCl)(c2ccccc2)c2ccccc2)cc1. The molecule has 0 heterocycles. The van der Waals surface area contributed by atoms with E-state index >= 15 is 0 Å². The molecule has 0 radical (unpaired) electrons. The van der Waals surface area contributed by atoms with E-state index in [1.165, 1.54) is 11.1 Å². The molecule has 0 unspecified atom stereocenters. The van der Waals surface area contributed by atoms with Crippen molar-refractivity contribution in [3.63, 3.8) is 0 Å². The van der Waals surface area contributed by atoms with Crippen molar-refractivity contribution in [3.8, 4) is 5.75 Å². The summed E-state index contributed by atoms with van der Waals surface area (Å²) in [5.74, 6) is 1.31. The maximum atomic E-state index is 6.57. The molecule has 0 fully saturated rings. The van der Waals surface area contributed by atoms with Crippen molar-refractivity contribution in [2.45, 2.75) is 5.41 Å². The summed E-state index contributed by atoms with van der Waals surface area (Å²) in [5.41, 5.74) is 3.15. The molecule has 23 heavy (non-hydrogen) atoms. The highest BCUT2D eigenvalue weighted by Crippen LogP contribution is 2.40. The van der Waals surface area contributed by atoms with Crippen molar-refractivity contribution in [1.29, 1.82) is 0 Å². The first-order chi connectivity index (χ1) is 11.3. The lowest BCUT2D eigenvalue weighted by molar-refractivity contribution is 0.414. The summed E-state index contributed by atoms with van der Waals surface area (Å²) in [7, 11) is 1.68. The molecule has 0 aliphatic rings. The van der Waals surface area contributed by atoms with Crippen molar-refractivity contribution in [2.24, 2.45) is 0 Å². The number of halogens is 1. The van der Waals surface area contributed by atoms with E-state index in [-0.39, 0.29) is 5.41 Å². The van der Waals surface area contributed by atoms with Gasteiger partial charge < -0.3 is 4.74 Å². The largest absolute Gasteiger partial charge is 0.497 e. The molecule has 0 amide bonds. The Morgan fingerprint density at radius 3 is 1.52 bits per heavy atom. The van der Waals surface area contributed by atoms with Gasteiger partial charge in [0.05, 0.1) is 12.5 Å². The summed E-state index contributed by atoms with van der Waals surface area (Å²) in [4.78, 5) is 0. The highest BCUT2D eigenvalue weighted by molar-refractivity contribution is 6.19. The number of alkyl halides is 1. The molecule has 3 aromatic carbocycles. The second-order valence-corrected chi connectivity index (χ2v) is 5.77. The van der Waals surface area contributed by atoms with Crippen LogP contribution in [-0.4, -0.2) is 13.0 Å². The molecule has 0 aliphatic carbocycles.